The lowest BCUT2D eigenvalue weighted by Gasteiger charge is -2.36. The highest BCUT2D eigenvalue weighted by molar-refractivity contribution is 6.43. The molecule has 1 saturated heterocycles. The molecular formula is C24H24Cl3F3N4O2. The lowest BCUT2D eigenvalue weighted by atomic mass is 10.1. The first-order valence-electron chi connectivity index (χ1n) is 10.9. The summed E-state index contributed by atoms with van der Waals surface area (Å²) in [5.74, 6) is -2.76. The van der Waals surface area contributed by atoms with Crippen molar-refractivity contribution in [3.63, 3.8) is 0 Å². The second kappa shape index (κ2) is 11.7. The number of aromatic nitrogens is 2. The molecule has 1 N–H and O–H groups in total. The highest BCUT2D eigenvalue weighted by Gasteiger charge is 2.38. The van der Waals surface area contributed by atoms with Crippen molar-refractivity contribution in [3.8, 4) is 5.69 Å². The quantitative estimate of drug-likeness (QED) is 0.398. The summed E-state index contributed by atoms with van der Waals surface area (Å²) in [4.78, 5) is 13.7. The molecule has 194 valence electrons. The highest BCUT2D eigenvalue weighted by atomic mass is 35.5. The van der Waals surface area contributed by atoms with Gasteiger partial charge in [-0.1, -0.05) is 40.9 Å². The molecule has 3 aromatic rings. The first kappa shape index (κ1) is 28.1. The molecule has 2 heterocycles. The normalized spacial score (nSPS) is 14.4. The van der Waals surface area contributed by atoms with E-state index in [9.17, 15) is 13.2 Å². The van der Waals surface area contributed by atoms with Gasteiger partial charge in [-0.15, -0.1) is 0 Å². The molecule has 0 spiro atoms. The summed E-state index contributed by atoms with van der Waals surface area (Å²) in [5.41, 5.74) is 5.57. The van der Waals surface area contributed by atoms with E-state index in [4.69, 9.17) is 49.8 Å². The lowest BCUT2D eigenvalue weighted by molar-refractivity contribution is -0.192. The van der Waals surface area contributed by atoms with Gasteiger partial charge >= 0.3 is 12.1 Å². The zero-order chi connectivity index (χ0) is 26.6. The van der Waals surface area contributed by atoms with Crippen LogP contribution in [0.3, 0.4) is 0 Å². The largest absolute Gasteiger partial charge is 0.490 e. The molecule has 0 radical (unpaired) electrons. The molecule has 6 nitrogen and oxygen atoms in total. The van der Waals surface area contributed by atoms with Gasteiger partial charge in [-0.05, 0) is 50.2 Å². The van der Waals surface area contributed by atoms with Gasteiger partial charge in [0, 0.05) is 49.0 Å². The first-order valence-corrected chi connectivity index (χ1v) is 12.0. The SMILES string of the molecule is Cc1nn(-c2ccc(Cl)cc2)c(C)c1CN1CCN(c2cccc(Cl)c2Cl)CC1.O=C(O)C(F)(F)F. The maximum atomic E-state index is 10.6. The van der Waals surface area contributed by atoms with E-state index in [1.165, 1.54) is 11.3 Å². The minimum Gasteiger partial charge on any atom is -0.475 e. The van der Waals surface area contributed by atoms with Crippen molar-refractivity contribution in [2.24, 2.45) is 0 Å². The number of anilines is 1. The predicted molar refractivity (Wildman–Crippen MR) is 136 cm³/mol. The lowest BCUT2D eigenvalue weighted by Crippen LogP contribution is -2.46. The van der Waals surface area contributed by atoms with E-state index in [1.54, 1.807) is 0 Å². The maximum absolute atomic E-state index is 10.6. The second-order valence-corrected chi connectivity index (χ2v) is 9.40. The summed E-state index contributed by atoms with van der Waals surface area (Å²) in [7, 11) is 0. The summed E-state index contributed by atoms with van der Waals surface area (Å²) >= 11 is 18.6. The third kappa shape index (κ3) is 6.85. The van der Waals surface area contributed by atoms with Gasteiger partial charge in [-0.3, -0.25) is 4.90 Å². The predicted octanol–water partition coefficient (Wildman–Crippen LogP) is 6.40. The van der Waals surface area contributed by atoms with Crippen LogP contribution in [0.4, 0.5) is 18.9 Å². The average molecular weight is 564 g/mol. The van der Waals surface area contributed by atoms with Gasteiger partial charge in [0.15, 0.2) is 0 Å². The molecule has 1 aromatic heterocycles. The van der Waals surface area contributed by atoms with Gasteiger partial charge in [0.25, 0.3) is 0 Å². The van der Waals surface area contributed by atoms with Crippen LogP contribution in [0.25, 0.3) is 5.69 Å². The van der Waals surface area contributed by atoms with Crippen molar-refractivity contribution in [1.29, 1.82) is 0 Å². The molecule has 12 heteroatoms. The van der Waals surface area contributed by atoms with Gasteiger partial charge in [-0.25, -0.2) is 9.48 Å². The summed E-state index contributed by atoms with van der Waals surface area (Å²) in [5, 5.41) is 13.9. The van der Waals surface area contributed by atoms with Crippen molar-refractivity contribution < 1.29 is 23.1 Å². The molecule has 0 unspecified atom stereocenters. The first-order chi connectivity index (χ1) is 16.9. The molecule has 4 rings (SSSR count). The van der Waals surface area contributed by atoms with Gasteiger partial charge in [0.05, 0.1) is 27.1 Å². The molecule has 1 fully saturated rings. The van der Waals surface area contributed by atoms with Crippen molar-refractivity contribution in [3.05, 3.63) is 74.5 Å². The molecule has 2 aromatic carbocycles. The Balaban J connectivity index is 0.000000454. The zero-order valence-corrected chi connectivity index (χ0v) is 21.8. The number of benzene rings is 2. The topological polar surface area (TPSA) is 61.6 Å². The van der Waals surface area contributed by atoms with Crippen molar-refractivity contribution >= 4 is 46.5 Å². The Hall–Kier alpha value is -2.46. The van der Waals surface area contributed by atoms with Gasteiger partial charge in [0.2, 0.25) is 0 Å². The van der Waals surface area contributed by atoms with Crippen LogP contribution in [-0.2, 0) is 11.3 Å². The van der Waals surface area contributed by atoms with Crippen LogP contribution in [0.5, 0.6) is 0 Å². The zero-order valence-electron chi connectivity index (χ0n) is 19.5. The number of piperazine rings is 1. The Bertz CT molecular complexity index is 1210. The third-order valence-corrected chi connectivity index (χ3v) is 6.84. The standard InChI is InChI=1S/C22H23Cl3N4.C2HF3O2/c1-15-19(16(2)29(26-15)18-8-6-17(23)7-9-18)14-27-10-12-28(13-11-27)21-5-3-4-20(24)22(21)25;3-2(4,5)1(6)7/h3-9H,10-14H2,1-2H3;(H,6,7). The smallest absolute Gasteiger partial charge is 0.475 e. The fourth-order valence-corrected chi connectivity index (χ4v) is 4.39. The monoisotopic (exact) mass is 562 g/mol. The van der Waals surface area contributed by atoms with Crippen LogP contribution in [0.15, 0.2) is 42.5 Å². The number of rotatable bonds is 4. The number of carbonyl (C=O) groups is 1. The van der Waals surface area contributed by atoms with Crippen LogP contribution in [0.1, 0.15) is 17.0 Å². The second-order valence-electron chi connectivity index (χ2n) is 8.18. The van der Waals surface area contributed by atoms with E-state index in [2.05, 4.69) is 23.6 Å². The molecule has 0 atom stereocenters. The van der Waals surface area contributed by atoms with Crippen molar-refractivity contribution in [2.75, 3.05) is 31.1 Å². The fraction of sp³-hybridized carbons (Fsp3) is 0.333. The molecule has 1 aliphatic heterocycles. The molecular weight excluding hydrogens is 540 g/mol. The number of carboxylic acids is 1. The molecule has 0 bridgehead atoms. The van der Waals surface area contributed by atoms with Crippen LogP contribution >= 0.6 is 34.8 Å². The van der Waals surface area contributed by atoms with Crippen LogP contribution in [0.2, 0.25) is 15.1 Å². The number of halogens is 6. The van der Waals surface area contributed by atoms with E-state index in [0.717, 1.165) is 54.8 Å². The number of carboxylic acid groups (broad SMARTS) is 1. The Kier molecular flexibility index (Phi) is 9.16. The number of aryl methyl sites for hydroxylation is 1. The molecule has 0 saturated carbocycles. The van der Waals surface area contributed by atoms with Crippen LogP contribution in [0, 0.1) is 13.8 Å². The number of aliphatic carboxylic acids is 1. The minimum absolute atomic E-state index is 0.604. The van der Waals surface area contributed by atoms with Crippen LogP contribution < -0.4 is 4.90 Å². The summed E-state index contributed by atoms with van der Waals surface area (Å²) in [6.07, 6.45) is -5.08. The molecule has 0 aliphatic carbocycles. The Morgan fingerprint density at radius 1 is 1.00 bits per heavy atom. The third-order valence-electron chi connectivity index (χ3n) is 5.78. The van der Waals surface area contributed by atoms with Gasteiger partial charge in [0.1, 0.15) is 0 Å². The van der Waals surface area contributed by atoms with E-state index >= 15 is 0 Å². The Morgan fingerprint density at radius 3 is 2.14 bits per heavy atom. The maximum Gasteiger partial charge on any atom is 0.490 e. The minimum atomic E-state index is -5.08. The van der Waals surface area contributed by atoms with Gasteiger partial charge in [-0.2, -0.15) is 18.3 Å². The summed E-state index contributed by atoms with van der Waals surface area (Å²) in [6, 6.07) is 13.6. The number of alkyl halides is 3. The highest BCUT2D eigenvalue weighted by Crippen LogP contribution is 2.33. The van der Waals surface area contributed by atoms with E-state index in [1.807, 2.05) is 47.1 Å². The number of nitrogens with zero attached hydrogens (tertiary/aromatic N) is 4. The fourth-order valence-electron chi connectivity index (χ4n) is 3.84. The summed E-state index contributed by atoms with van der Waals surface area (Å²) in [6.45, 7) is 8.87. The average Bonchev–Trinajstić information content (AvgIpc) is 3.10. The van der Waals surface area contributed by atoms with Crippen LogP contribution in [-0.4, -0.2) is 58.1 Å². The molecule has 0 amide bonds. The van der Waals surface area contributed by atoms with E-state index in [0.29, 0.717) is 10.0 Å². The van der Waals surface area contributed by atoms with Crippen molar-refractivity contribution in [2.45, 2.75) is 26.6 Å². The Labute approximate surface area is 221 Å². The molecule has 36 heavy (non-hydrogen) atoms. The summed E-state index contributed by atoms with van der Waals surface area (Å²) < 4.78 is 33.7. The van der Waals surface area contributed by atoms with Crippen molar-refractivity contribution in [1.82, 2.24) is 14.7 Å². The number of hydrogen-bond acceptors (Lipinski definition) is 4. The molecule has 1 aliphatic rings. The number of hydrogen-bond donors (Lipinski definition) is 1. The Morgan fingerprint density at radius 2 is 1.58 bits per heavy atom. The van der Waals surface area contributed by atoms with E-state index < -0.39 is 12.1 Å². The van der Waals surface area contributed by atoms with Gasteiger partial charge < -0.3 is 10.0 Å². The van der Waals surface area contributed by atoms with E-state index in [-0.39, 0.29) is 0 Å².